The van der Waals surface area contributed by atoms with Crippen LogP contribution in [0.15, 0.2) is 34.1 Å². The highest BCUT2D eigenvalue weighted by atomic mass is 79.9. The lowest BCUT2D eigenvalue weighted by Crippen LogP contribution is -2.17. The molecule has 0 bridgehead atoms. The van der Waals surface area contributed by atoms with Crippen molar-refractivity contribution in [3.05, 3.63) is 55.7 Å². The van der Waals surface area contributed by atoms with Gasteiger partial charge in [0, 0.05) is 9.35 Å². The van der Waals surface area contributed by atoms with Gasteiger partial charge >= 0.3 is 0 Å². The van der Waals surface area contributed by atoms with Crippen molar-refractivity contribution in [3.63, 3.8) is 0 Å². The molecule has 3 heteroatoms. The van der Waals surface area contributed by atoms with E-state index in [0.717, 1.165) is 0 Å². The summed E-state index contributed by atoms with van der Waals surface area (Å²) >= 11 is 5.49. The van der Waals surface area contributed by atoms with E-state index < -0.39 is 0 Å². The van der Waals surface area contributed by atoms with Crippen molar-refractivity contribution in [2.45, 2.75) is 19.9 Å². The second-order valence-electron chi connectivity index (χ2n) is 4.19. The number of rotatable bonds is 3. The maximum absolute atomic E-state index is 3.69. The molecule has 1 N–H and O–H groups in total. The van der Waals surface area contributed by atoms with Crippen LogP contribution < -0.4 is 5.32 Å². The van der Waals surface area contributed by atoms with Crippen LogP contribution >= 0.6 is 27.3 Å². The van der Waals surface area contributed by atoms with Crippen molar-refractivity contribution >= 4 is 27.3 Å². The Kier molecular flexibility index (Phi) is 4.02. The van der Waals surface area contributed by atoms with Crippen molar-refractivity contribution in [1.82, 2.24) is 5.32 Å². The first-order valence-corrected chi connectivity index (χ1v) is 7.28. The Morgan fingerprint density at radius 1 is 1.29 bits per heavy atom. The number of aryl methyl sites for hydroxylation is 2. The van der Waals surface area contributed by atoms with Gasteiger partial charge in [-0.15, -0.1) is 11.3 Å². The number of benzene rings is 1. The average Bonchev–Trinajstić information content (AvgIpc) is 2.72. The Balaban J connectivity index is 2.45. The second-order valence-corrected chi connectivity index (χ2v) is 6.10. The molecule has 0 fully saturated rings. The Bertz CT molecular complexity index is 519. The molecule has 1 atom stereocenters. The fourth-order valence-electron chi connectivity index (χ4n) is 2.01. The number of hydrogen-bond donors (Lipinski definition) is 1. The van der Waals surface area contributed by atoms with E-state index in [4.69, 9.17) is 0 Å². The summed E-state index contributed by atoms with van der Waals surface area (Å²) in [7, 11) is 2.01. The molecule has 90 valence electrons. The molecule has 0 aliphatic heterocycles. The summed E-state index contributed by atoms with van der Waals surface area (Å²) in [5, 5.41) is 5.62. The molecular weight excluding hydrogens is 294 g/mol. The topological polar surface area (TPSA) is 12.0 Å². The predicted octanol–water partition coefficient (Wildman–Crippen LogP) is 4.44. The van der Waals surface area contributed by atoms with Gasteiger partial charge in [0.25, 0.3) is 0 Å². The average molecular weight is 310 g/mol. The Hall–Kier alpha value is -0.640. The highest BCUT2D eigenvalue weighted by Crippen LogP contribution is 2.32. The number of thiophene rings is 1. The Morgan fingerprint density at radius 3 is 2.65 bits per heavy atom. The molecule has 2 rings (SSSR count). The van der Waals surface area contributed by atoms with Crippen molar-refractivity contribution in [1.29, 1.82) is 0 Å². The molecule has 1 unspecified atom stereocenters. The number of halogens is 1. The van der Waals surface area contributed by atoms with E-state index in [2.05, 4.69) is 64.7 Å². The third-order valence-corrected chi connectivity index (χ3v) is 4.87. The normalized spacial score (nSPS) is 12.7. The molecule has 0 saturated heterocycles. The van der Waals surface area contributed by atoms with E-state index in [-0.39, 0.29) is 6.04 Å². The molecule has 0 aliphatic carbocycles. The first-order chi connectivity index (χ1) is 8.13. The van der Waals surface area contributed by atoms with Gasteiger partial charge in [0.15, 0.2) is 0 Å². The zero-order valence-electron chi connectivity index (χ0n) is 10.3. The molecule has 1 aromatic heterocycles. The molecule has 0 amide bonds. The minimum Gasteiger partial charge on any atom is -0.309 e. The third kappa shape index (κ3) is 2.62. The standard InChI is InChI=1S/C14H16BrNS/c1-9-5-4-6-12(13(9)15)14(16-3)11-7-10(2)17-8-11/h4-8,14,16H,1-3H3. The van der Waals surface area contributed by atoms with E-state index in [1.54, 1.807) is 11.3 Å². The van der Waals surface area contributed by atoms with Gasteiger partial charge in [0.2, 0.25) is 0 Å². The highest BCUT2D eigenvalue weighted by Gasteiger charge is 2.16. The zero-order valence-corrected chi connectivity index (χ0v) is 12.7. The highest BCUT2D eigenvalue weighted by molar-refractivity contribution is 9.10. The second kappa shape index (κ2) is 5.34. The van der Waals surface area contributed by atoms with Crippen molar-refractivity contribution in [2.75, 3.05) is 7.05 Å². The zero-order chi connectivity index (χ0) is 12.4. The van der Waals surface area contributed by atoms with Crippen molar-refractivity contribution < 1.29 is 0 Å². The summed E-state index contributed by atoms with van der Waals surface area (Å²) in [4.78, 5) is 1.35. The summed E-state index contributed by atoms with van der Waals surface area (Å²) < 4.78 is 1.20. The Morgan fingerprint density at radius 2 is 2.06 bits per heavy atom. The lowest BCUT2D eigenvalue weighted by Gasteiger charge is -2.18. The molecule has 0 saturated carbocycles. The quantitative estimate of drug-likeness (QED) is 0.884. The minimum atomic E-state index is 0.259. The fourth-order valence-corrected chi connectivity index (χ4v) is 3.23. The summed E-state index contributed by atoms with van der Waals surface area (Å²) in [5.41, 5.74) is 3.90. The molecule has 0 radical (unpaired) electrons. The molecule has 0 spiro atoms. The maximum atomic E-state index is 3.69. The van der Waals surface area contributed by atoms with Crippen LogP contribution in [-0.2, 0) is 0 Å². The summed E-state index contributed by atoms with van der Waals surface area (Å²) in [6, 6.07) is 8.92. The van der Waals surface area contributed by atoms with Gasteiger partial charge in [-0.3, -0.25) is 0 Å². The molecule has 1 nitrogen and oxygen atoms in total. The molecule has 0 aliphatic rings. The van der Waals surface area contributed by atoms with Gasteiger partial charge < -0.3 is 5.32 Å². The SMILES string of the molecule is CNC(c1csc(C)c1)c1cccc(C)c1Br. The van der Waals surface area contributed by atoms with Gasteiger partial charge in [-0.2, -0.15) is 0 Å². The minimum absolute atomic E-state index is 0.259. The van der Waals surface area contributed by atoms with Gasteiger partial charge in [-0.05, 0) is 49.0 Å². The van der Waals surface area contributed by atoms with Gasteiger partial charge in [0.1, 0.15) is 0 Å². The first-order valence-electron chi connectivity index (χ1n) is 5.60. The molecular formula is C14H16BrNS. The van der Waals surface area contributed by atoms with Crippen molar-refractivity contribution in [2.24, 2.45) is 0 Å². The van der Waals surface area contributed by atoms with Gasteiger partial charge in [-0.25, -0.2) is 0 Å². The van der Waals surface area contributed by atoms with E-state index in [1.807, 2.05) is 7.05 Å². The lowest BCUT2D eigenvalue weighted by molar-refractivity contribution is 0.690. The van der Waals surface area contributed by atoms with Crippen LogP contribution in [0.1, 0.15) is 27.6 Å². The smallest absolute Gasteiger partial charge is 0.0593 e. The largest absolute Gasteiger partial charge is 0.309 e. The lowest BCUT2D eigenvalue weighted by atomic mass is 9.99. The number of hydrogen-bond acceptors (Lipinski definition) is 2. The van der Waals surface area contributed by atoms with Crippen LogP contribution in [0.5, 0.6) is 0 Å². The van der Waals surface area contributed by atoms with Crippen LogP contribution in [0.25, 0.3) is 0 Å². The van der Waals surface area contributed by atoms with E-state index in [9.17, 15) is 0 Å². The van der Waals surface area contributed by atoms with Crippen molar-refractivity contribution in [3.8, 4) is 0 Å². The van der Waals surface area contributed by atoms with Crippen LogP contribution in [0, 0.1) is 13.8 Å². The Labute approximate surface area is 115 Å². The van der Waals surface area contributed by atoms with E-state index in [1.165, 1.54) is 26.0 Å². The maximum Gasteiger partial charge on any atom is 0.0593 e. The van der Waals surface area contributed by atoms with Crippen LogP contribution in [0.3, 0.4) is 0 Å². The van der Waals surface area contributed by atoms with E-state index >= 15 is 0 Å². The van der Waals surface area contributed by atoms with E-state index in [0.29, 0.717) is 0 Å². The van der Waals surface area contributed by atoms with Crippen LogP contribution in [-0.4, -0.2) is 7.05 Å². The van der Waals surface area contributed by atoms with Gasteiger partial charge in [0.05, 0.1) is 6.04 Å². The van der Waals surface area contributed by atoms with Crippen LogP contribution in [0.4, 0.5) is 0 Å². The summed E-state index contributed by atoms with van der Waals surface area (Å²) in [5.74, 6) is 0. The van der Waals surface area contributed by atoms with Gasteiger partial charge in [-0.1, -0.05) is 34.1 Å². The van der Waals surface area contributed by atoms with Crippen LogP contribution in [0.2, 0.25) is 0 Å². The summed E-state index contributed by atoms with van der Waals surface area (Å²) in [6.45, 7) is 4.27. The summed E-state index contributed by atoms with van der Waals surface area (Å²) in [6.07, 6.45) is 0. The third-order valence-electron chi connectivity index (χ3n) is 2.91. The molecule has 2 aromatic rings. The fraction of sp³-hybridized carbons (Fsp3) is 0.286. The predicted molar refractivity (Wildman–Crippen MR) is 78.8 cm³/mol. The molecule has 1 heterocycles. The number of nitrogens with one attached hydrogen (secondary N) is 1. The molecule has 1 aromatic carbocycles. The molecule has 17 heavy (non-hydrogen) atoms. The first kappa shape index (κ1) is 12.8. The monoisotopic (exact) mass is 309 g/mol.